The van der Waals surface area contributed by atoms with Gasteiger partial charge in [0, 0.05) is 5.38 Å². The maximum Gasteiger partial charge on any atom is 0.407 e. The number of carboxylic acid groups (broad SMARTS) is 1. The Kier molecular flexibility index (Phi) is 3.50. The number of alkyl halides is 2. The Labute approximate surface area is 86.0 Å². The summed E-state index contributed by atoms with van der Waals surface area (Å²) in [5, 5.41) is 12.8. The molecule has 82 valence electrons. The molecule has 0 spiro atoms. The molecule has 15 heavy (non-hydrogen) atoms. The van der Waals surface area contributed by atoms with Crippen molar-refractivity contribution < 1.29 is 23.5 Å². The molecule has 1 heterocycles. The maximum absolute atomic E-state index is 11.6. The molecule has 0 aliphatic heterocycles. The standard InChI is InChI=1S/C6H5F2N3O3S/c7-5(8)14-11-3(4(12)13)2-1-15-6(9)10-2/h1,5H,(H2,9,10)(H,12,13)/b11-3+. The van der Waals surface area contributed by atoms with E-state index in [9.17, 15) is 13.6 Å². The first-order valence-corrected chi connectivity index (χ1v) is 4.35. The van der Waals surface area contributed by atoms with E-state index in [1.807, 2.05) is 0 Å². The van der Waals surface area contributed by atoms with Gasteiger partial charge in [-0.3, -0.25) is 0 Å². The molecule has 0 aromatic carbocycles. The molecule has 9 heteroatoms. The quantitative estimate of drug-likeness (QED) is 0.594. The van der Waals surface area contributed by atoms with Gasteiger partial charge >= 0.3 is 12.6 Å². The number of thiazole rings is 1. The highest BCUT2D eigenvalue weighted by Gasteiger charge is 2.17. The van der Waals surface area contributed by atoms with Crippen molar-refractivity contribution in [2.75, 3.05) is 5.73 Å². The van der Waals surface area contributed by atoms with Gasteiger partial charge in [0.25, 0.3) is 0 Å². The van der Waals surface area contributed by atoms with Crippen LogP contribution < -0.4 is 5.73 Å². The number of aliphatic carboxylic acids is 1. The predicted octanol–water partition coefficient (Wildman–Crippen LogP) is 0.753. The Morgan fingerprint density at radius 2 is 2.40 bits per heavy atom. The van der Waals surface area contributed by atoms with E-state index in [1.165, 1.54) is 5.38 Å². The van der Waals surface area contributed by atoms with Crippen molar-refractivity contribution in [3.05, 3.63) is 11.1 Å². The summed E-state index contributed by atoms with van der Waals surface area (Å²) in [6, 6.07) is 0. The summed E-state index contributed by atoms with van der Waals surface area (Å²) in [7, 11) is 0. The first-order valence-electron chi connectivity index (χ1n) is 3.47. The molecule has 0 bridgehead atoms. The van der Waals surface area contributed by atoms with Gasteiger partial charge in [0.15, 0.2) is 5.13 Å². The third-order valence-corrected chi connectivity index (χ3v) is 1.86. The molecule has 3 N–H and O–H groups in total. The number of rotatable bonds is 4. The molecule has 0 radical (unpaired) electrons. The molecule has 0 amide bonds. The molecule has 0 unspecified atom stereocenters. The fourth-order valence-corrected chi connectivity index (χ4v) is 1.23. The van der Waals surface area contributed by atoms with E-state index in [-0.39, 0.29) is 10.8 Å². The number of anilines is 1. The SMILES string of the molecule is Nc1nc(/C(=N\OC(F)F)C(=O)O)cs1. The summed E-state index contributed by atoms with van der Waals surface area (Å²) in [5.41, 5.74) is 4.40. The van der Waals surface area contributed by atoms with Gasteiger partial charge in [-0.25, -0.2) is 9.78 Å². The fourth-order valence-electron chi connectivity index (χ4n) is 0.684. The van der Waals surface area contributed by atoms with Gasteiger partial charge in [-0.15, -0.1) is 11.3 Å². The van der Waals surface area contributed by atoms with Crippen molar-refractivity contribution in [1.82, 2.24) is 4.98 Å². The lowest BCUT2D eigenvalue weighted by Gasteiger charge is -1.97. The monoisotopic (exact) mass is 237 g/mol. The number of aromatic nitrogens is 1. The van der Waals surface area contributed by atoms with Crippen LogP contribution in [0.25, 0.3) is 0 Å². The van der Waals surface area contributed by atoms with Crippen molar-refractivity contribution in [3.63, 3.8) is 0 Å². The highest BCUT2D eigenvalue weighted by atomic mass is 32.1. The van der Waals surface area contributed by atoms with Crippen LogP contribution in [0.3, 0.4) is 0 Å². The molecule has 6 nitrogen and oxygen atoms in total. The summed E-state index contributed by atoms with van der Waals surface area (Å²) in [4.78, 5) is 17.7. The van der Waals surface area contributed by atoms with E-state index in [4.69, 9.17) is 10.8 Å². The summed E-state index contributed by atoms with van der Waals surface area (Å²) in [6.45, 7) is -3.18. The van der Waals surface area contributed by atoms with Crippen molar-refractivity contribution >= 4 is 28.1 Å². The summed E-state index contributed by atoms with van der Waals surface area (Å²) in [5.74, 6) is -1.53. The normalized spacial score (nSPS) is 11.8. The molecule has 0 saturated carbocycles. The number of nitrogen functional groups attached to an aromatic ring is 1. The molecule has 1 rings (SSSR count). The van der Waals surface area contributed by atoms with Crippen LogP contribution in [0.5, 0.6) is 0 Å². The van der Waals surface area contributed by atoms with Gasteiger partial charge < -0.3 is 15.7 Å². The minimum absolute atomic E-state index is 0.107. The van der Waals surface area contributed by atoms with Crippen LogP contribution in [0.1, 0.15) is 5.69 Å². The third kappa shape index (κ3) is 3.13. The van der Waals surface area contributed by atoms with Crippen molar-refractivity contribution in [2.24, 2.45) is 5.16 Å². The molecule has 0 aliphatic carbocycles. The molecular formula is C6H5F2N3O3S. The number of nitrogens with zero attached hydrogens (tertiary/aromatic N) is 2. The zero-order valence-corrected chi connectivity index (χ0v) is 7.87. The predicted molar refractivity (Wildman–Crippen MR) is 47.8 cm³/mol. The van der Waals surface area contributed by atoms with Crippen molar-refractivity contribution in [3.8, 4) is 0 Å². The molecule has 1 aromatic heterocycles. The Morgan fingerprint density at radius 1 is 1.73 bits per heavy atom. The van der Waals surface area contributed by atoms with Crippen LogP contribution in [0.2, 0.25) is 0 Å². The Balaban J connectivity index is 2.93. The zero-order valence-electron chi connectivity index (χ0n) is 7.05. The minimum atomic E-state index is -3.18. The largest absolute Gasteiger partial charge is 0.476 e. The number of carbonyl (C=O) groups is 1. The van der Waals surface area contributed by atoms with Crippen LogP contribution in [-0.4, -0.2) is 28.4 Å². The molecular weight excluding hydrogens is 232 g/mol. The van der Waals surface area contributed by atoms with Crippen molar-refractivity contribution in [1.29, 1.82) is 0 Å². The number of halogens is 2. The van der Waals surface area contributed by atoms with Gasteiger partial charge in [-0.2, -0.15) is 8.78 Å². The third-order valence-electron chi connectivity index (χ3n) is 1.19. The lowest BCUT2D eigenvalue weighted by Crippen LogP contribution is -2.16. The number of oxime groups is 1. The fraction of sp³-hybridized carbons (Fsp3) is 0.167. The van der Waals surface area contributed by atoms with Gasteiger partial charge in [-0.05, 0) is 0 Å². The van der Waals surface area contributed by atoms with Gasteiger partial charge in [0.05, 0.1) is 0 Å². The molecule has 1 aromatic rings. The average molecular weight is 237 g/mol. The highest BCUT2D eigenvalue weighted by Crippen LogP contribution is 2.12. The minimum Gasteiger partial charge on any atom is -0.476 e. The highest BCUT2D eigenvalue weighted by molar-refractivity contribution is 7.13. The van der Waals surface area contributed by atoms with Crippen LogP contribution in [0.4, 0.5) is 13.9 Å². The molecule has 0 fully saturated rings. The van der Waals surface area contributed by atoms with E-state index in [1.54, 1.807) is 0 Å². The molecule has 0 saturated heterocycles. The van der Waals surface area contributed by atoms with Gasteiger partial charge in [0.2, 0.25) is 5.71 Å². The van der Waals surface area contributed by atoms with Gasteiger partial charge in [-0.1, -0.05) is 5.16 Å². The lowest BCUT2D eigenvalue weighted by atomic mass is 10.3. The van der Waals surface area contributed by atoms with E-state index in [2.05, 4.69) is 15.0 Å². The first-order chi connectivity index (χ1) is 7.00. The van der Waals surface area contributed by atoms with Gasteiger partial charge in [0.1, 0.15) is 5.69 Å². The zero-order chi connectivity index (χ0) is 11.4. The van der Waals surface area contributed by atoms with E-state index in [0.29, 0.717) is 0 Å². The first kappa shape index (κ1) is 11.3. The second-order valence-electron chi connectivity index (χ2n) is 2.18. The molecule has 0 atom stereocenters. The Morgan fingerprint density at radius 3 is 2.80 bits per heavy atom. The second kappa shape index (κ2) is 4.64. The Bertz CT molecular complexity index is 393. The number of carboxylic acids is 1. The van der Waals surface area contributed by atoms with Crippen LogP contribution >= 0.6 is 11.3 Å². The van der Waals surface area contributed by atoms with E-state index < -0.39 is 18.3 Å². The maximum atomic E-state index is 11.6. The summed E-state index contributed by atoms with van der Waals surface area (Å²) >= 11 is 0.964. The lowest BCUT2D eigenvalue weighted by molar-refractivity contribution is -0.134. The molecule has 0 aliphatic rings. The summed E-state index contributed by atoms with van der Waals surface area (Å²) in [6.07, 6.45) is 0. The van der Waals surface area contributed by atoms with Crippen molar-refractivity contribution in [2.45, 2.75) is 6.61 Å². The number of hydrogen-bond donors (Lipinski definition) is 2. The Hall–Kier alpha value is -1.77. The van der Waals surface area contributed by atoms with Crippen LogP contribution in [-0.2, 0) is 9.63 Å². The van der Waals surface area contributed by atoms with Crippen LogP contribution in [0.15, 0.2) is 10.5 Å². The van der Waals surface area contributed by atoms with E-state index in [0.717, 1.165) is 11.3 Å². The topological polar surface area (TPSA) is 97.8 Å². The number of nitrogens with two attached hydrogens (primary N) is 1. The average Bonchev–Trinajstić information content (AvgIpc) is 2.51. The van der Waals surface area contributed by atoms with Crippen LogP contribution in [0, 0.1) is 0 Å². The smallest absolute Gasteiger partial charge is 0.407 e. The second-order valence-corrected chi connectivity index (χ2v) is 3.07. The number of hydrogen-bond acceptors (Lipinski definition) is 6. The van der Waals surface area contributed by atoms with E-state index >= 15 is 0 Å². The summed E-state index contributed by atoms with van der Waals surface area (Å²) < 4.78 is 23.2.